The predicted octanol–water partition coefficient (Wildman–Crippen LogP) is 6.17. The molecule has 3 aromatic rings. The van der Waals surface area contributed by atoms with Gasteiger partial charge in [0.25, 0.3) is 0 Å². The molecule has 2 aliphatic heterocycles. The number of nitrogens with zero attached hydrogens (tertiary/aromatic N) is 4. The van der Waals surface area contributed by atoms with E-state index in [-0.39, 0.29) is 11.8 Å². The number of rotatable bonds is 9. The van der Waals surface area contributed by atoms with E-state index in [0.29, 0.717) is 12.3 Å². The number of aromatic nitrogens is 2. The van der Waals surface area contributed by atoms with Gasteiger partial charge in [-0.3, -0.25) is 4.79 Å². The lowest BCUT2D eigenvalue weighted by Crippen LogP contribution is -2.36. The summed E-state index contributed by atoms with van der Waals surface area (Å²) in [6.07, 6.45) is 11.6. The Bertz CT molecular complexity index is 1160. The van der Waals surface area contributed by atoms with Crippen molar-refractivity contribution in [3.8, 4) is 0 Å². The molecule has 1 fully saturated rings. The van der Waals surface area contributed by atoms with Crippen LogP contribution in [0.5, 0.6) is 0 Å². The maximum Gasteiger partial charge on any atom is 0.186 e. The standard InChI is InChI=1S/C25H29N5OS/c1-2-3-6-17(11-18-13-26-22-8-5-4-7-20(18)22)12-23(31)24-15-27-25(32-24)30-10-9-21-19(16-30)14-28-29-21/h4-5,7-8,13-15,17,21,26H,2-3,6,9-12,16H2,1H3. The first kappa shape index (κ1) is 21.1. The molecule has 2 aliphatic rings. The largest absolute Gasteiger partial charge is 0.361 e. The Morgan fingerprint density at radius 3 is 3.16 bits per heavy atom. The van der Waals surface area contributed by atoms with Crippen LogP contribution in [0, 0.1) is 5.92 Å². The number of carbonyl (C=O) groups is 1. The van der Waals surface area contributed by atoms with Gasteiger partial charge in [-0.25, -0.2) is 4.98 Å². The SMILES string of the molecule is CCCCC(CC(=O)c1cnc(N2CCC3N=NC=C3C2)s1)Cc1c[nH]c2ccccc12. The van der Waals surface area contributed by atoms with Gasteiger partial charge in [-0.15, -0.1) is 0 Å². The second-order valence-electron chi connectivity index (χ2n) is 8.87. The summed E-state index contributed by atoms with van der Waals surface area (Å²) < 4.78 is 0. The van der Waals surface area contributed by atoms with E-state index in [9.17, 15) is 4.79 Å². The number of Topliss-reactive ketones (excluding diaryl/α,β-unsaturated/α-hetero) is 1. The van der Waals surface area contributed by atoms with Crippen LogP contribution in [-0.4, -0.2) is 34.9 Å². The van der Waals surface area contributed by atoms with Gasteiger partial charge in [0.2, 0.25) is 0 Å². The highest BCUT2D eigenvalue weighted by molar-refractivity contribution is 7.17. The minimum Gasteiger partial charge on any atom is -0.361 e. The monoisotopic (exact) mass is 447 g/mol. The van der Waals surface area contributed by atoms with Crippen LogP contribution in [0.25, 0.3) is 10.9 Å². The van der Waals surface area contributed by atoms with Crippen molar-refractivity contribution in [3.63, 3.8) is 0 Å². The van der Waals surface area contributed by atoms with Crippen LogP contribution in [0.2, 0.25) is 0 Å². The van der Waals surface area contributed by atoms with Crippen molar-refractivity contribution in [1.29, 1.82) is 0 Å². The van der Waals surface area contributed by atoms with Gasteiger partial charge < -0.3 is 9.88 Å². The van der Waals surface area contributed by atoms with E-state index < -0.39 is 0 Å². The molecule has 6 nitrogen and oxygen atoms in total. The molecule has 0 amide bonds. The number of unbranched alkanes of at least 4 members (excludes halogenated alkanes) is 1. The molecule has 0 saturated carbocycles. The molecule has 166 valence electrons. The molecular formula is C25H29N5OS. The maximum atomic E-state index is 13.2. The normalized spacial score (nSPS) is 18.7. The first-order chi connectivity index (χ1) is 15.7. The maximum absolute atomic E-state index is 13.2. The van der Waals surface area contributed by atoms with Crippen LogP contribution in [0.15, 0.2) is 58.7 Å². The van der Waals surface area contributed by atoms with Crippen LogP contribution < -0.4 is 4.90 Å². The molecule has 1 N–H and O–H groups in total. The van der Waals surface area contributed by atoms with Crippen molar-refractivity contribution in [1.82, 2.24) is 9.97 Å². The third-order valence-corrected chi connectivity index (χ3v) is 7.67. The Morgan fingerprint density at radius 1 is 1.34 bits per heavy atom. The Hall–Kier alpha value is -2.80. The topological polar surface area (TPSA) is 73.7 Å². The Labute approximate surface area is 192 Å². The minimum atomic E-state index is 0.217. The second-order valence-corrected chi connectivity index (χ2v) is 9.88. The molecule has 5 rings (SSSR count). The number of hydrogen-bond acceptors (Lipinski definition) is 6. The van der Waals surface area contributed by atoms with Crippen molar-refractivity contribution >= 4 is 33.2 Å². The number of aromatic amines is 1. The summed E-state index contributed by atoms with van der Waals surface area (Å²) in [7, 11) is 0. The van der Waals surface area contributed by atoms with E-state index in [1.165, 1.54) is 27.9 Å². The second kappa shape index (κ2) is 9.36. The fourth-order valence-electron chi connectivity index (χ4n) is 4.76. The van der Waals surface area contributed by atoms with Gasteiger partial charge in [0.15, 0.2) is 10.9 Å². The number of ketones is 1. The third kappa shape index (κ3) is 4.39. The predicted molar refractivity (Wildman–Crippen MR) is 130 cm³/mol. The lowest BCUT2D eigenvalue weighted by Gasteiger charge is -2.29. The number of nitrogens with one attached hydrogen (secondary N) is 1. The van der Waals surface area contributed by atoms with Crippen molar-refractivity contribution in [3.05, 3.63) is 58.9 Å². The fraction of sp³-hybridized carbons (Fsp3) is 0.440. The first-order valence-corrected chi connectivity index (χ1v) is 12.4. The van der Waals surface area contributed by atoms with E-state index in [1.807, 2.05) is 6.20 Å². The molecule has 0 spiro atoms. The number of azo groups is 1. The number of piperidine rings is 1. The van der Waals surface area contributed by atoms with E-state index in [2.05, 4.69) is 62.5 Å². The van der Waals surface area contributed by atoms with Crippen LogP contribution >= 0.6 is 11.3 Å². The summed E-state index contributed by atoms with van der Waals surface area (Å²) in [4.78, 5) is 24.2. The molecule has 32 heavy (non-hydrogen) atoms. The van der Waals surface area contributed by atoms with Crippen LogP contribution in [0.1, 0.15) is 54.3 Å². The van der Waals surface area contributed by atoms with Gasteiger partial charge in [-0.1, -0.05) is 49.3 Å². The molecule has 4 heterocycles. The van der Waals surface area contributed by atoms with Gasteiger partial charge in [0.1, 0.15) is 0 Å². The zero-order valence-corrected chi connectivity index (χ0v) is 19.3. The molecule has 0 radical (unpaired) electrons. The summed E-state index contributed by atoms with van der Waals surface area (Å²) >= 11 is 1.53. The number of thiazole rings is 1. The Balaban J connectivity index is 1.26. The first-order valence-electron chi connectivity index (χ1n) is 11.6. The molecule has 1 aromatic carbocycles. The summed E-state index contributed by atoms with van der Waals surface area (Å²) in [5.41, 5.74) is 3.72. The number of carbonyl (C=O) groups excluding carboxylic acids is 1. The molecule has 2 atom stereocenters. The van der Waals surface area contributed by atoms with Crippen LogP contribution in [0.3, 0.4) is 0 Å². The summed E-state index contributed by atoms with van der Waals surface area (Å²) in [6.45, 7) is 3.92. The fourth-order valence-corrected chi connectivity index (χ4v) is 5.65. The molecule has 2 unspecified atom stereocenters. The summed E-state index contributed by atoms with van der Waals surface area (Å²) in [5.74, 6) is 0.560. The number of fused-ring (bicyclic) bond motifs is 2. The average Bonchev–Trinajstić information content (AvgIpc) is 3.56. The molecule has 0 aliphatic carbocycles. The molecule has 0 bridgehead atoms. The summed E-state index contributed by atoms with van der Waals surface area (Å²) in [5, 5.41) is 10.5. The van der Waals surface area contributed by atoms with Gasteiger partial charge in [0, 0.05) is 36.6 Å². The number of benzene rings is 1. The molecule has 7 heteroatoms. The van der Waals surface area contributed by atoms with Crippen molar-refractivity contribution in [2.75, 3.05) is 18.0 Å². The van der Waals surface area contributed by atoms with Crippen LogP contribution in [0.4, 0.5) is 5.13 Å². The van der Waals surface area contributed by atoms with Crippen molar-refractivity contribution < 1.29 is 4.79 Å². The zero-order valence-electron chi connectivity index (χ0n) is 18.5. The van der Waals surface area contributed by atoms with Gasteiger partial charge in [-0.2, -0.15) is 10.2 Å². The number of H-pyrrole nitrogens is 1. The smallest absolute Gasteiger partial charge is 0.186 e. The molecule has 2 aromatic heterocycles. The minimum absolute atomic E-state index is 0.217. The number of hydrogen-bond donors (Lipinski definition) is 1. The third-order valence-electron chi connectivity index (χ3n) is 6.57. The highest BCUT2D eigenvalue weighted by atomic mass is 32.1. The molecular weight excluding hydrogens is 418 g/mol. The van der Waals surface area contributed by atoms with E-state index in [4.69, 9.17) is 0 Å². The lowest BCUT2D eigenvalue weighted by atomic mass is 9.89. The summed E-state index contributed by atoms with van der Waals surface area (Å²) in [6, 6.07) is 8.65. The highest BCUT2D eigenvalue weighted by Gasteiger charge is 2.28. The van der Waals surface area contributed by atoms with E-state index in [1.54, 1.807) is 6.20 Å². The van der Waals surface area contributed by atoms with Gasteiger partial charge in [-0.05, 0) is 42.4 Å². The molecule has 1 saturated heterocycles. The van der Waals surface area contributed by atoms with Gasteiger partial charge in [0.05, 0.1) is 23.3 Å². The van der Waals surface area contributed by atoms with Crippen LogP contribution in [-0.2, 0) is 6.42 Å². The van der Waals surface area contributed by atoms with Crippen molar-refractivity contribution in [2.24, 2.45) is 16.1 Å². The lowest BCUT2D eigenvalue weighted by molar-refractivity contribution is 0.0962. The zero-order chi connectivity index (χ0) is 21.9. The van der Waals surface area contributed by atoms with E-state index >= 15 is 0 Å². The average molecular weight is 448 g/mol. The Morgan fingerprint density at radius 2 is 2.25 bits per heavy atom. The Kier molecular flexibility index (Phi) is 6.17. The van der Waals surface area contributed by atoms with E-state index in [0.717, 1.165) is 60.7 Å². The number of anilines is 1. The van der Waals surface area contributed by atoms with Gasteiger partial charge >= 0.3 is 0 Å². The number of para-hydroxylation sites is 1. The highest BCUT2D eigenvalue weighted by Crippen LogP contribution is 2.32. The van der Waals surface area contributed by atoms with Crippen molar-refractivity contribution in [2.45, 2.75) is 51.5 Å². The quantitative estimate of drug-likeness (QED) is 0.398.